The molecule has 0 radical (unpaired) electrons. The Hall–Kier alpha value is -1.88. The van der Waals surface area contributed by atoms with Gasteiger partial charge in [0.2, 0.25) is 11.8 Å². The van der Waals surface area contributed by atoms with Gasteiger partial charge in [0.15, 0.2) is 0 Å². The van der Waals surface area contributed by atoms with Crippen molar-refractivity contribution in [2.45, 2.75) is 26.7 Å². The highest BCUT2D eigenvalue weighted by molar-refractivity contribution is 5.90. The summed E-state index contributed by atoms with van der Waals surface area (Å²) in [4.78, 5) is 25.4. The van der Waals surface area contributed by atoms with Crippen LogP contribution in [0, 0.1) is 0 Å². The fourth-order valence-electron chi connectivity index (χ4n) is 2.03. The summed E-state index contributed by atoms with van der Waals surface area (Å²) in [6.45, 7) is 6.07. The molecule has 0 aliphatic heterocycles. The SMILES string of the molecule is CCN(CC)C(=O)Cc1ccc(NC(=O)CCNC)cc1. The molecule has 5 nitrogen and oxygen atoms in total. The van der Waals surface area contributed by atoms with Crippen molar-refractivity contribution in [1.29, 1.82) is 0 Å². The first-order valence-corrected chi connectivity index (χ1v) is 7.41. The number of benzene rings is 1. The van der Waals surface area contributed by atoms with Gasteiger partial charge >= 0.3 is 0 Å². The van der Waals surface area contributed by atoms with E-state index >= 15 is 0 Å². The number of carbonyl (C=O) groups is 2. The number of nitrogens with zero attached hydrogens (tertiary/aromatic N) is 1. The summed E-state index contributed by atoms with van der Waals surface area (Å²) in [7, 11) is 1.81. The monoisotopic (exact) mass is 291 g/mol. The minimum Gasteiger partial charge on any atom is -0.343 e. The summed E-state index contributed by atoms with van der Waals surface area (Å²) in [6.07, 6.45) is 0.842. The molecule has 0 aromatic heterocycles. The Morgan fingerprint density at radius 2 is 1.71 bits per heavy atom. The molecule has 0 bridgehead atoms. The fourth-order valence-corrected chi connectivity index (χ4v) is 2.03. The van der Waals surface area contributed by atoms with Crippen LogP contribution in [0.15, 0.2) is 24.3 Å². The number of carbonyl (C=O) groups excluding carboxylic acids is 2. The number of likely N-dealkylation sites (N-methyl/N-ethyl adjacent to an activating group) is 1. The lowest BCUT2D eigenvalue weighted by Crippen LogP contribution is -2.31. The first-order chi connectivity index (χ1) is 10.1. The third-order valence-corrected chi connectivity index (χ3v) is 3.31. The van der Waals surface area contributed by atoms with Crippen LogP contribution in [0.2, 0.25) is 0 Å². The largest absolute Gasteiger partial charge is 0.343 e. The molecule has 0 heterocycles. The van der Waals surface area contributed by atoms with E-state index in [9.17, 15) is 9.59 Å². The van der Waals surface area contributed by atoms with Crippen LogP contribution in [0.3, 0.4) is 0 Å². The first kappa shape index (κ1) is 17.2. The molecular formula is C16H25N3O2. The van der Waals surface area contributed by atoms with Gasteiger partial charge in [0.25, 0.3) is 0 Å². The van der Waals surface area contributed by atoms with Crippen LogP contribution in [-0.4, -0.2) is 43.4 Å². The normalized spacial score (nSPS) is 10.2. The fraction of sp³-hybridized carbons (Fsp3) is 0.500. The van der Waals surface area contributed by atoms with Crippen molar-refractivity contribution in [1.82, 2.24) is 10.2 Å². The molecule has 1 rings (SSSR count). The van der Waals surface area contributed by atoms with Crippen molar-refractivity contribution < 1.29 is 9.59 Å². The van der Waals surface area contributed by atoms with Crippen molar-refractivity contribution >= 4 is 17.5 Å². The highest BCUT2D eigenvalue weighted by atomic mass is 16.2. The molecule has 0 spiro atoms. The molecule has 1 aromatic carbocycles. The second-order valence-electron chi connectivity index (χ2n) is 4.84. The average Bonchev–Trinajstić information content (AvgIpc) is 2.48. The van der Waals surface area contributed by atoms with E-state index in [1.165, 1.54) is 0 Å². The van der Waals surface area contributed by atoms with E-state index in [0.717, 1.165) is 24.3 Å². The third-order valence-electron chi connectivity index (χ3n) is 3.31. The molecule has 0 saturated carbocycles. The Labute approximate surface area is 126 Å². The lowest BCUT2D eigenvalue weighted by Gasteiger charge is -2.18. The van der Waals surface area contributed by atoms with Crippen LogP contribution in [0.5, 0.6) is 0 Å². The molecule has 5 heteroatoms. The predicted molar refractivity (Wildman–Crippen MR) is 85.2 cm³/mol. The van der Waals surface area contributed by atoms with Crippen molar-refractivity contribution in [2.75, 3.05) is 32.0 Å². The van der Waals surface area contributed by atoms with Crippen molar-refractivity contribution in [2.24, 2.45) is 0 Å². The van der Waals surface area contributed by atoms with E-state index in [2.05, 4.69) is 10.6 Å². The van der Waals surface area contributed by atoms with E-state index < -0.39 is 0 Å². The molecule has 116 valence electrons. The average molecular weight is 291 g/mol. The lowest BCUT2D eigenvalue weighted by molar-refractivity contribution is -0.130. The zero-order valence-corrected chi connectivity index (χ0v) is 13.1. The van der Waals surface area contributed by atoms with Gasteiger partial charge in [-0.2, -0.15) is 0 Å². The van der Waals surface area contributed by atoms with Gasteiger partial charge in [0.1, 0.15) is 0 Å². The summed E-state index contributed by atoms with van der Waals surface area (Å²) in [5.41, 5.74) is 1.72. The van der Waals surface area contributed by atoms with Gasteiger partial charge in [-0.3, -0.25) is 9.59 Å². The van der Waals surface area contributed by atoms with Crippen LogP contribution in [0.25, 0.3) is 0 Å². The molecule has 2 N–H and O–H groups in total. The topological polar surface area (TPSA) is 61.4 Å². The predicted octanol–water partition coefficient (Wildman–Crippen LogP) is 1.65. The van der Waals surface area contributed by atoms with Crippen LogP contribution >= 0.6 is 0 Å². The Bertz CT molecular complexity index is 453. The lowest BCUT2D eigenvalue weighted by atomic mass is 10.1. The maximum atomic E-state index is 12.0. The highest BCUT2D eigenvalue weighted by Gasteiger charge is 2.10. The number of hydrogen-bond donors (Lipinski definition) is 2. The zero-order valence-electron chi connectivity index (χ0n) is 13.1. The molecule has 0 unspecified atom stereocenters. The van der Waals surface area contributed by atoms with Crippen molar-refractivity contribution in [3.8, 4) is 0 Å². The molecular weight excluding hydrogens is 266 g/mol. The molecule has 0 fully saturated rings. The molecule has 21 heavy (non-hydrogen) atoms. The Morgan fingerprint density at radius 3 is 2.24 bits per heavy atom. The third kappa shape index (κ3) is 5.95. The van der Waals surface area contributed by atoms with Crippen LogP contribution in [-0.2, 0) is 16.0 Å². The Kier molecular flexibility index (Phi) is 7.46. The molecule has 2 amide bonds. The summed E-state index contributed by atoms with van der Waals surface area (Å²) in [5, 5.41) is 5.76. The zero-order chi connectivity index (χ0) is 15.7. The minimum absolute atomic E-state index is 0.0173. The second-order valence-corrected chi connectivity index (χ2v) is 4.84. The standard InChI is InChI=1S/C16H25N3O2/c1-4-19(5-2)16(21)12-13-6-8-14(9-7-13)18-15(20)10-11-17-3/h6-9,17H,4-5,10-12H2,1-3H3,(H,18,20). The van der Waals surface area contributed by atoms with Gasteiger partial charge in [-0.1, -0.05) is 12.1 Å². The van der Waals surface area contributed by atoms with E-state index in [1.54, 1.807) is 0 Å². The maximum Gasteiger partial charge on any atom is 0.226 e. The molecule has 0 saturated heterocycles. The van der Waals surface area contributed by atoms with E-state index in [0.29, 0.717) is 19.4 Å². The summed E-state index contributed by atoms with van der Waals surface area (Å²) >= 11 is 0. The smallest absolute Gasteiger partial charge is 0.226 e. The van der Waals surface area contributed by atoms with Gasteiger partial charge < -0.3 is 15.5 Å². The summed E-state index contributed by atoms with van der Waals surface area (Å²) in [5.74, 6) is 0.113. The second kappa shape index (κ2) is 9.13. The van der Waals surface area contributed by atoms with E-state index in [1.807, 2.05) is 50.1 Å². The van der Waals surface area contributed by atoms with E-state index in [4.69, 9.17) is 0 Å². The molecule has 1 aromatic rings. The summed E-state index contributed by atoms with van der Waals surface area (Å²) in [6, 6.07) is 7.44. The number of hydrogen-bond acceptors (Lipinski definition) is 3. The van der Waals surface area contributed by atoms with Gasteiger partial charge in [-0.15, -0.1) is 0 Å². The maximum absolute atomic E-state index is 12.0. The molecule has 0 atom stereocenters. The van der Waals surface area contributed by atoms with Gasteiger partial charge in [-0.05, 0) is 38.6 Å². The number of nitrogens with one attached hydrogen (secondary N) is 2. The number of anilines is 1. The number of rotatable bonds is 8. The van der Waals surface area contributed by atoms with Crippen LogP contribution in [0.1, 0.15) is 25.8 Å². The molecule has 0 aliphatic carbocycles. The summed E-state index contributed by atoms with van der Waals surface area (Å²) < 4.78 is 0. The number of amides is 2. The minimum atomic E-state index is -0.0173. The van der Waals surface area contributed by atoms with Gasteiger partial charge in [-0.25, -0.2) is 0 Å². The van der Waals surface area contributed by atoms with Gasteiger partial charge in [0, 0.05) is 31.7 Å². The highest BCUT2D eigenvalue weighted by Crippen LogP contribution is 2.11. The van der Waals surface area contributed by atoms with Crippen LogP contribution in [0.4, 0.5) is 5.69 Å². The van der Waals surface area contributed by atoms with Crippen molar-refractivity contribution in [3.63, 3.8) is 0 Å². The van der Waals surface area contributed by atoms with Crippen LogP contribution < -0.4 is 10.6 Å². The van der Waals surface area contributed by atoms with Gasteiger partial charge in [0.05, 0.1) is 6.42 Å². The Balaban J connectivity index is 2.54. The first-order valence-electron chi connectivity index (χ1n) is 7.41. The Morgan fingerprint density at radius 1 is 1.10 bits per heavy atom. The quantitative estimate of drug-likeness (QED) is 0.765. The van der Waals surface area contributed by atoms with E-state index in [-0.39, 0.29) is 11.8 Å². The van der Waals surface area contributed by atoms with Crippen molar-refractivity contribution in [3.05, 3.63) is 29.8 Å². The molecule has 0 aliphatic rings.